The molecule has 2 aromatic rings. The lowest BCUT2D eigenvalue weighted by Crippen LogP contribution is -2.64. The number of hydrogen-bond acceptors (Lipinski definition) is 5. The number of carbonyl (C=O) groups is 2. The summed E-state index contributed by atoms with van der Waals surface area (Å²) in [5.41, 5.74) is 0.940. The fourth-order valence-corrected chi connectivity index (χ4v) is 5.22. The lowest BCUT2D eigenvalue weighted by Gasteiger charge is -2.45. The quantitative estimate of drug-likeness (QED) is 0.765. The van der Waals surface area contributed by atoms with Gasteiger partial charge in [0.2, 0.25) is 11.8 Å². The highest BCUT2D eigenvalue weighted by Gasteiger charge is 2.43. The molecule has 0 radical (unpaired) electrons. The van der Waals surface area contributed by atoms with E-state index in [0.29, 0.717) is 13.0 Å². The average molecular weight is 407 g/mol. The van der Waals surface area contributed by atoms with Gasteiger partial charge in [0, 0.05) is 11.4 Å². The summed E-state index contributed by atoms with van der Waals surface area (Å²) in [5.74, 6) is -0.269. The zero-order chi connectivity index (χ0) is 19.0. The van der Waals surface area contributed by atoms with Crippen LogP contribution in [0.25, 0.3) is 10.2 Å². The summed E-state index contributed by atoms with van der Waals surface area (Å²) in [5, 5.41) is 7.26. The molecule has 4 atom stereocenters. The molecule has 4 unspecified atom stereocenters. The van der Waals surface area contributed by atoms with E-state index in [2.05, 4.69) is 15.6 Å². The van der Waals surface area contributed by atoms with Crippen molar-refractivity contribution in [1.82, 2.24) is 20.5 Å². The summed E-state index contributed by atoms with van der Waals surface area (Å²) >= 11 is 7.83. The third-order valence-electron chi connectivity index (χ3n) is 5.40. The van der Waals surface area contributed by atoms with Gasteiger partial charge in [-0.25, -0.2) is 4.98 Å². The topological polar surface area (TPSA) is 74.3 Å². The van der Waals surface area contributed by atoms with E-state index in [-0.39, 0.29) is 41.9 Å². The first kappa shape index (κ1) is 18.7. The van der Waals surface area contributed by atoms with Crippen LogP contribution < -0.4 is 10.6 Å². The minimum atomic E-state index is -0.173. The summed E-state index contributed by atoms with van der Waals surface area (Å²) in [6.45, 7) is 2.35. The molecule has 1 aliphatic heterocycles. The Kier molecular flexibility index (Phi) is 5.34. The SMILES string of the molecule is CC1NC2CCC(Cl)CC2C(=O)N1CC(=O)NCc1nc2ccccc2s1. The van der Waals surface area contributed by atoms with Gasteiger partial charge in [0.1, 0.15) is 11.6 Å². The van der Waals surface area contributed by atoms with Crippen LogP contribution in [0.2, 0.25) is 0 Å². The summed E-state index contributed by atoms with van der Waals surface area (Å²) < 4.78 is 1.10. The van der Waals surface area contributed by atoms with Crippen LogP contribution in [0.4, 0.5) is 0 Å². The molecule has 2 amide bonds. The number of rotatable bonds is 4. The van der Waals surface area contributed by atoms with Gasteiger partial charge < -0.3 is 10.2 Å². The average Bonchev–Trinajstić information content (AvgIpc) is 3.07. The second kappa shape index (κ2) is 7.73. The Balaban J connectivity index is 1.36. The molecule has 0 bridgehead atoms. The van der Waals surface area contributed by atoms with Gasteiger partial charge in [0.15, 0.2) is 0 Å². The first-order valence-electron chi connectivity index (χ1n) is 9.33. The lowest BCUT2D eigenvalue weighted by molar-refractivity contribution is -0.149. The summed E-state index contributed by atoms with van der Waals surface area (Å²) in [6, 6.07) is 8.07. The van der Waals surface area contributed by atoms with Gasteiger partial charge in [-0.2, -0.15) is 0 Å². The minimum Gasteiger partial charge on any atom is -0.348 e. The Hall–Kier alpha value is -1.70. The molecule has 144 valence electrons. The van der Waals surface area contributed by atoms with E-state index in [1.165, 1.54) is 0 Å². The molecule has 27 heavy (non-hydrogen) atoms. The van der Waals surface area contributed by atoms with Crippen molar-refractivity contribution in [2.24, 2.45) is 5.92 Å². The minimum absolute atomic E-state index is 0.0340. The van der Waals surface area contributed by atoms with Gasteiger partial charge >= 0.3 is 0 Å². The van der Waals surface area contributed by atoms with Crippen LogP contribution in [0.5, 0.6) is 0 Å². The third kappa shape index (κ3) is 3.95. The number of thiazole rings is 1. The van der Waals surface area contributed by atoms with Gasteiger partial charge in [-0.3, -0.25) is 14.9 Å². The molecule has 2 heterocycles. The van der Waals surface area contributed by atoms with E-state index in [4.69, 9.17) is 11.6 Å². The number of fused-ring (bicyclic) bond motifs is 2. The first-order chi connectivity index (χ1) is 13.0. The van der Waals surface area contributed by atoms with Crippen molar-refractivity contribution in [1.29, 1.82) is 0 Å². The number of alkyl halides is 1. The molecule has 8 heteroatoms. The Morgan fingerprint density at radius 2 is 2.22 bits per heavy atom. The maximum absolute atomic E-state index is 12.9. The fourth-order valence-electron chi connectivity index (χ4n) is 3.99. The predicted octanol–water partition coefficient (Wildman–Crippen LogP) is 2.47. The second-order valence-corrected chi connectivity index (χ2v) is 9.02. The van der Waals surface area contributed by atoms with Crippen LogP contribution in [0.1, 0.15) is 31.2 Å². The molecule has 2 aliphatic rings. The van der Waals surface area contributed by atoms with Crippen LogP contribution >= 0.6 is 22.9 Å². The van der Waals surface area contributed by atoms with Gasteiger partial charge in [-0.1, -0.05) is 12.1 Å². The van der Waals surface area contributed by atoms with E-state index in [9.17, 15) is 9.59 Å². The first-order valence-corrected chi connectivity index (χ1v) is 10.6. The standard InChI is InChI=1S/C19H23ClN4O2S/c1-11-22-14-7-6-12(20)8-13(14)19(26)24(11)10-17(25)21-9-18-23-15-4-2-3-5-16(15)27-18/h2-5,11-14,22H,6-10H2,1H3,(H,21,25). The monoisotopic (exact) mass is 406 g/mol. The highest BCUT2D eigenvalue weighted by atomic mass is 35.5. The Labute approximate surface area is 167 Å². The smallest absolute Gasteiger partial charge is 0.240 e. The molecule has 1 saturated heterocycles. The van der Waals surface area contributed by atoms with Crippen molar-refractivity contribution in [3.05, 3.63) is 29.3 Å². The van der Waals surface area contributed by atoms with Crippen molar-refractivity contribution in [2.45, 2.75) is 50.3 Å². The molecule has 2 N–H and O–H groups in total. The Morgan fingerprint density at radius 3 is 3.04 bits per heavy atom. The van der Waals surface area contributed by atoms with E-state index in [0.717, 1.165) is 28.1 Å². The Bertz CT molecular complexity index is 824. The maximum atomic E-state index is 12.9. The molecule has 1 aromatic carbocycles. The van der Waals surface area contributed by atoms with Gasteiger partial charge in [-0.15, -0.1) is 22.9 Å². The van der Waals surface area contributed by atoms with Crippen molar-refractivity contribution in [2.75, 3.05) is 6.54 Å². The highest BCUT2D eigenvalue weighted by Crippen LogP contribution is 2.33. The van der Waals surface area contributed by atoms with Gasteiger partial charge in [0.25, 0.3) is 0 Å². The fraction of sp³-hybridized carbons (Fsp3) is 0.526. The second-order valence-electron chi connectivity index (χ2n) is 7.28. The van der Waals surface area contributed by atoms with E-state index in [1.807, 2.05) is 31.2 Å². The van der Waals surface area contributed by atoms with E-state index < -0.39 is 0 Å². The number of amides is 2. The molecule has 2 fully saturated rings. The molecule has 1 saturated carbocycles. The van der Waals surface area contributed by atoms with Gasteiger partial charge in [-0.05, 0) is 38.3 Å². The van der Waals surface area contributed by atoms with Crippen molar-refractivity contribution in [3.8, 4) is 0 Å². The van der Waals surface area contributed by atoms with Crippen molar-refractivity contribution >= 4 is 45.0 Å². The lowest BCUT2D eigenvalue weighted by atomic mass is 9.81. The van der Waals surface area contributed by atoms with Crippen LogP contribution in [0, 0.1) is 5.92 Å². The van der Waals surface area contributed by atoms with Gasteiger partial charge in [0.05, 0.1) is 28.8 Å². The molecule has 0 spiro atoms. The summed E-state index contributed by atoms with van der Waals surface area (Å²) in [6.07, 6.45) is 2.36. The molecule has 1 aromatic heterocycles. The molecule has 6 nitrogen and oxygen atoms in total. The summed E-state index contributed by atoms with van der Waals surface area (Å²) in [7, 11) is 0. The van der Waals surface area contributed by atoms with E-state index >= 15 is 0 Å². The molecule has 1 aliphatic carbocycles. The highest BCUT2D eigenvalue weighted by molar-refractivity contribution is 7.18. The number of nitrogens with zero attached hydrogens (tertiary/aromatic N) is 2. The number of hydrogen-bond donors (Lipinski definition) is 2. The summed E-state index contributed by atoms with van der Waals surface area (Å²) in [4.78, 5) is 31.5. The third-order valence-corrected chi connectivity index (χ3v) is 6.83. The van der Waals surface area contributed by atoms with Crippen LogP contribution in [-0.4, -0.2) is 45.8 Å². The number of halogens is 1. The number of benzene rings is 1. The largest absolute Gasteiger partial charge is 0.348 e. The van der Waals surface area contributed by atoms with Crippen LogP contribution in [0.15, 0.2) is 24.3 Å². The molecular formula is C19H23ClN4O2S. The normalized spacial score (nSPS) is 28.2. The number of aromatic nitrogens is 1. The zero-order valence-corrected chi connectivity index (χ0v) is 16.7. The number of carbonyl (C=O) groups excluding carboxylic acids is 2. The number of nitrogens with one attached hydrogen (secondary N) is 2. The zero-order valence-electron chi connectivity index (χ0n) is 15.2. The number of para-hydroxylation sites is 1. The van der Waals surface area contributed by atoms with Crippen molar-refractivity contribution < 1.29 is 9.59 Å². The van der Waals surface area contributed by atoms with E-state index in [1.54, 1.807) is 16.2 Å². The van der Waals surface area contributed by atoms with Crippen molar-refractivity contribution in [3.63, 3.8) is 0 Å². The van der Waals surface area contributed by atoms with Crippen LogP contribution in [-0.2, 0) is 16.1 Å². The van der Waals surface area contributed by atoms with Crippen LogP contribution in [0.3, 0.4) is 0 Å². The Morgan fingerprint density at radius 1 is 1.41 bits per heavy atom. The molecular weight excluding hydrogens is 384 g/mol. The molecule has 4 rings (SSSR count). The maximum Gasteiger partial charge on any atom is 0.240 e. The predicted molar refractivity (Wildman–Crippen MR) is 107 cm³/mol.